The molecular formula is C24H13Cl6N3O3. The first-order valence-corrected chi connectivity index (χ1v) is 12.6. The number of aromatic nitrogens is 1. The summed E-state index contributed by atoms with van der Waals surface area (Å²) in [6.45, 7) is 0. The van der Waals surface area contributed by atoms with E-state index >= 15 is 0 Å². The lowest BCUT2D eigenvalue weighted by atomic mass is 10.1. The topological polar surface area (TPSA) is 84.2 Å². The molecule has 36 heavy (non-hydrogen) atoms. The molecule has 0 aliphatic heterocycles. The van der Waals surface area contributed by atoms with Gasteiger partial charge in [-0.05, 0) is 60.2 Å². The van der Waals surface area contributed by atoms with Gasteiger partial charge in [0.25, 0.3) is 5.91 Å². The van der Waals surface area contributed by atoms with Crippen LogP contribution in [0.2, 0.25) is 20.1 Å². The molecule has 3 aromatic carbocycles. The van der Waals surface area contributed by atoms with Crippen LogP contribution in [-0.4, -0.2) is 21.1 Å². The second kappa shape index (κ2) is 9.60. The number of hydrogen-bond donors (Lipinski definition) is 2. The average Bonchev–Trinajstić information content (AvgIpc) is 3.16. The zero-order valence-corrected chi connectivity index (χ0v) is 22.3. The summed E-state index contributed by atoms with van der Waals surface area (Å²) in [6, 6.07) is 14.2. The highest BCUT2D eigenvalue weighted by Gasteiger charge is 2.67. The van der Waals surface area contributed by atoms with Crippen molar-refractivity contribution in [3.8, 4) is 0 Å². The van der Waals surface area contributed by atoms with Gasteiger partial charge in [-0.3, -0.25) is 14.9 Å². The zero-order valence-electron chi connectivity index (χ0n) is 17.8. The summed E-state index contributed by atoms with van der Waals surface area (Å²) < 4.78 is 4.17. The molecule has 0 radical (unpaired) electrons. The van der Waals surface area contributed by atoms with E-state index in [9.17, 15) is 9.59 Å². The molecule has 0 unspecified atom stereocenters. The summed E-state index contributed by atoms with van der Waals surface area (Å²) in [5.74, 6) is -2.31. The fourth-order valence-corrected chi connectivity index (χ4v) is 5.68. The van der Waals surface area contributed by atoms with Crippen LogP contribution in [-0.2, 0) is 4.79 Å². The van der Waals surface area contributed by atoms with Gasteiger partial charge >= 0.3 is 6.01 Å². The lowest BCUT2D eigenvalue weighted by Crippen LogP contribution is -2.18. The van der Waals surface area contributed by atoms with Gasteiger partial charge in [-0.2, -0.15) is 4.98 Å². The molecule has 6 nitrogen and oxygen atoms in total. The number of nitrogens with one attached hydrogen (secondary N) is 2. The lowest BCUT2D eigenvalue weighted by molar-refractivity contribution is -0.117. The van der Waals surface area contributed by atoms with E-state index in [1.165, 1.54) is 12.1 Å². The summed E-state index contributed by atoms with van der Waals surface area (Å²) in [4.78, 5) is 30.1. The van der Waals surface area contributed by atoms with Gasteiger partial charge in [-0.1, -0.05) is 46.4 Å². The number of nitrogens with zero attached hydrogens (tertiary/aromatic N) is 1. The molecule has 1 aliphatic rings. The molecule has 2 N–H and O–H groups in total. The highest BCUT2D eigenvalue weighted by atomic mass is 35.5. The predicted molar refractivity (Wildman–Crippen MR) is 144 cm³/mol. The first-order chi connectivity index (χ1) is 17.0. The van der Waals surface area contributed by atoms with Crippen molar-refractivity contribution < 1.29 is 14.0 Å². The molecule has 1 heterocycles. The smallest absolute Gasteiger partial charge is 0.302 e. The molecular weight excluding hydrogens is 591 g/mol. The van der Waals surface area contributed by atoms with Crippen LogP contribution in [0.5, 0.6) is 0 Å². The fraction of sp³-hybridized carbons (Fsp3) is 0.125. The summed E-state index contributed by atoms with van der Waals surface area (Å²) in [7, 11) is 0. The molecule has 1 aliphatic carbocycles. The Balaban J connectivity index is 1.33. The Hall–Kier alpha value is -2.19. The van der Waals surface area contributed by atoms with Crippen LogP contribution in [0.1, 0.15) is 21.8 Å². The van der Waals surface area contributed by atoms with Crippen LogP contribution in [0, 0.1) is 5.92 Å². The number of carbonyl (C=O) groups is 2. The van der Waals surface area contributed by atoms with Crippen molar-refractivity contribution in [2.24, 2.45) is 5.92 Å². The number of alkyl halides is 2. The van der Waals surface area contributed by atoms with Gasteiger partial charge in [0.1, 0.15) is 9.85 Å². The van der Waals surface area contributed by atoms with Crippen molar-refractivity contribution in [3.05, 3.63) is 85.8 Å². The van der Waals surface area contributed by atoms with E-state index in [-0.39, 0.29) is 16.6 Å². The number of amides is 2. The SMILES string of the molecule is O=C(Nc1nc2cc(Cl)ccc2o1)c1cc(NC(=O)[C@@H]2[C@@H](c3cc(Cl)cc(Cl)c3)C2(Cl)Cl)ccc1Cl. The standard InChI is InChI=1S/C24H13Cl6N3O3/c25-11-1-4-18-17(8-11)32-23(36-18)33-21(34)15-9-14(2-3-16(15)28)31-22(35)20-19(24(20,29)30)10-5-12(26)7-13(27)6-10/h1-9,19-20H,(H,31,35)(H,32,33,34)/t19-,20+/m1/s1. The molecule has 12 heteroatoms. The van der Waals surface area contributed by atoms with Gasteiger partial charge in [0.05, 0.1) is 16.5 Å². The first kappa shape index (κ1) is 25.5. The number of anilines is 2. The highest BCUT2D eigenvalue weighted by molar-refractivity contribution is 6.53. The molecule has 2 amide bonds. The van der Waals surface area contributed by atoms with Crippen LogP contribution in [0.25, 0.3) is 11.1 Å². The van der Waals surface area contributed by atoms with Crippen molar-refractivity contribution in [2.45, 2.75) is 10.3 Å². The molecule has 0 spiro atoms. The Kier molecular flexibility index (Phi) is 6.79. The van der Waals surface area contributed by atoms with Crippen molar-refractivity contribution in [3.63, 3.8) is 0 Å². The maximum absolute atomic E-state index is 13.0. The van der Waals surface area contributed by atoms with Crippen molar-refractivity contribution in [1.82, 2.24) is 4.98 Å². The second-order valence-corrected chi connectivity index (χ2v) is 11.3. The molecule has 2 atom stereocenters. The number of fused-ring (bicyclic) bond motifs is 1. The molecule has 0 bridgehead atoms. The molecule has 5 rings (SSSR count). The molecule has 1 aromatic heterocycles. The minimum absolute atomic E-state index is 0.0298. The van der Waals surface area contributed by atoms with E-state index in [0.717, 1.165) is 0 Å². The quantitative estimate of drug-likeness (QED) is 0.225. The van der Waals surface area contributed by atoms with Gasteiger partial charge in [0.15, 0.2) is 5.58 Å². The number of halogens is 6. The van der Waals surface area contributed by atoms with Gasteiger partial charge in [0.2, 0.25) is 5.91 Å². The van der Waals surface area contributed by atoms with Crippen molar-refractivity contribution in [2.75, 3.05) is 10.6 Å². The van der Waals surface area contributed by atoms with Gasteiger partial charge < -0.3 is 9.73 Å². The largest absolute Gasteiger partial charge is 0.423 e. The van der Waals surface area contributed by atoms with Crippen LogP contribution in [0.15, 0.2) is 59.0 Å². The van der Waals surface area contributed by atoms with E-state index in [4.69, 9.17) is 74.0 Å². The van der Waals surface area contributed by atoms with E-state index in [1.54, 1.807) is 42.5 Å². The van der Waals surface area contributed by atoms with Gasteiger partial charge in [-0.15, -0.1) is 23.2 Å². The monoisotopic (exact) mass is 601 g/mol. The number of rotatable bonds is 5. The first-order valence-electron chi connectivity index (χ1n) is 10.3. The minimum atomic E-state index is -1.35. The molecule has 0 saturated heterocycles. The van der Waals surface area contributed by atoms with Crippen LogP contribution in [0.3, 0.4) is 0 Å². The molecule has 184 valence electrons. The Labute approximate surface area is 234 Å². The van der Waals surface area contributed by atoms with E-state index in [1.807, 2.05) is 0 Å². The van der Waals surface area contributed by atoms with E-state index in [2.05, 4.69) is 15.6 Å². The third-order valence-corrected chi connectivity index (χ3v) is 7.57. The Morgan fingerprint density at radius 3 is 2.31 bits per heavy atom. The summed E-state index contributed by atoms with van der Waals surface area (Å²) in [5, 5.41) is 6.74. The Morgan fingerprint density at radius 2 is 1.58 bits per heavy atom. The Morgan fingerprint density at radius 1 is 0.861 bits per heavy atom. The van der Waals surface area contributed by atoms with Crippen molar-refractivity contribution >= 4 is 104 Å². The summed E-state index contributed by atoms with van der Waals surface area (Å²) in [5.41, 5.74) is 1.99. The maximum atomic E-state index is 13.0. The number of benzene rings is 3. The van der Waals surface area contributed by atoms with Crippen LogP contribution < -0.4 is 10.6 Å². The third kappa shape index (κ3) is 4.99. The number of hydrogen-bond acceptors (Lipinski definition) is 4. The predicted octanol–water partition coefficient (Wildman–Crippen LogP) is 8.22. The summed E-state index contributed by atoms with van der Waals surface area (Å²) >= 11 is 37.2. The lowest BCUT2D eigenvalue weighted by Gasteiger charge is -2.09. The second-order valence-electron chi connectivity index (χ2n) is 8.10. The number of oxazole rings is 1. The van der Waals surface area contributed by atoms with Gasteiger partial charge in [0, 0.05) is 26.7 Å². The van der Waals surface area contributed by atoms with Crippen molar-refractivity contribution in [1.29, 1.82) is 0 Å². The molecule has 1 saturated carbocycles. The normalized spacial score (nSPS) is 18.2. The Bertz CT molecular complexity index is 1520. The number of carbonyl (C=O) groups excluding carboxylic acids is 2. The average molecular weight is 604 g/mol. The van der Waals surface area contributed by atoms with Gasteiger partial charge in [-0.25, -0.2) is 0 Å². The van der Waals surface area contributed by atoms with Crippen LogP contribution >= 0.6 is 69.6 Å². The molecule has 4 aromatic rings. The zero-order chi connectivity index (χ0) is 25.8. The van der Waals surface area contributed by atoms with E-state index < -0.39 is 28.0 Å². The summed E-state index contributed by atoms with van der Waals surface area (Å²) in [6.07, 6.45) is 0. The van der Waals surface area contributed by atoms with E-state index in [0.29, 0.717) is 37.4 Å². The fourth-order valence-electron chi connectivity index (χ4n) is 3.94. The maximum Gasteiger partial charge on any atom is 0.302 e. The molecule has 1 fully saturated rings. The van der Waals surface area contributed by atoms with Crippen LogP contribution in [0.4, 0.5) is 11.7 Å². The minimum Gasteiger partial charge on any atom is -0.423 e. The third-order valence-electron chi connectivity index (χ3n) is 5.63. The highest BCUT2D eigenvalue weighted by Crippen LogP contribution is 2.65.